The zero-order chi connectivity index (χ0) is 15.2. The Hall–Kier alpha value is -1.31. The molecule has 2 heteroatoms. The summed E-state index contributed by atoms with van der Waals surface area (Å²) in [5.74, 6) is 0.666. The normalized spacial score (nSPS) is 27.5. The van der Waals surface area contributed by atoms with Crippen molar-refractivity contribution in [1.82, 2.24) is 0 Å². The molecule has 0 unspecified atom stereocenters. The van der Waals surface area contributed by atoms with Crippen molar-refractivity contribution in [3.05, 3.63) is 30.3 Å². The predicted molar refractivity (Wildman–Crippen MR) is 95.5 cm³/mol. The fourth-order valence-corrected chi connectivity index (χ4v) is 4.10. The summed E-state index contributed by atoms with van der Waals surface area (Å²) in [5.41, 5.74) is 2.62. The summed E-state index contributed by atoms with van der Waals surface area (Å²) in [6.45, 7) is 2.24. The molecule has 1 aliphatic carbocycles. The molecule has 2 aliphatic rings. The summed E-state index contributed by atoms with van der Waals surface area (Å²) < 4.78 is 0. The van der Waals surface area contributed by atoms with Crippen molar-refractivity contribution >= 4 is 11.4 Å². The van der Waals surface area contributed by atoms with Gasteiger partial charge in [0.25, 0.3) is 0 Å². The van der Waals surface area contributed by atoms with Crippen LogP contribution in [0.1, 0.15) is 71.1 Å². The first-order chi connectivity index (χ1) is 10.9. The highest BCUT2D eigenvalue weighted by molar-refractivity contribution is 5.88. The van der Waals surface area contributed by atoms with Gasteiger partial charge < -0.3 is 0 Å². The van der Waals surface area contributed by atoms with Crippen LogP contribution in [0.5, 0.6) is 0 Å². The highest BCUT2D eigenvalue weighted by Gasteiger charge is 2.34. The quantitative estimate of drug-likeness (QED) is 0.641. The van der Waals surface area contributed by atoms with Gasteiger partial charge in [0.1, 0.15) is 0 Å². The second-order valence-corrected chi connectivity index (χ2v) is 7.00. The van der Waals surface area contributed by atoms with E-state index in [9.17, 15) is 0 Å². The highest BCUT2D eigenvalue weighted by atomic mass is 15.5. The Labute approximate surface area is 135 Å². The molecule has 0 amide bonds. The van der Waals surface area contributed by atoms with Crippen LogP contribution in [0.2, 0.25) is 0 Å². The molecule has 0 N–H and O–H groups in total. The molecule has 1 heterocycles. The highest BCUT2D eigenvalue weighted by Crippen LogP contribution is 2.34. The first-order valence-corrected chi connectivity index (χ1v) is 9.25. The average Bonchev–Trinajstić information content (AvgIpc) is 2.84. The zero-order valence-electron chi connectivity index (χ0n) is 14.0. The third-order valence-electron chi connectivity index (χ3n) is 5.37. The van der Waals surface area contributed by atoms with E-state index in [0.29, 0.717) is 12.0 Å². The predicted octanol–water partition coefficient (Wildman–Crippen LogP) is 5.78. The van der Waals surface area contributed by atoms with E-state index in [1.807, 2.05) is 0 Å². The number of fused-ring (bicyclic) bond motifs is 1. The van der Waals surface area contributed by atoms with Crippen molar-refractivity contribution in [3.8, 4) is 0 Å². The van der Waals surface area contributed by atoms with Crippen LogP contribution in [0.15, 0.2) is 35.4 Å². The lowest BCUT2D eigenvalue weighted by atomic mass is 9.86. The monoisotopic (exact) mass is 298 g/mol. The minimum atomic E-state index is 0.585. The zero-order valence-corrected chi connectivity index (χ0v) is 14.0. The second kappa shape index (κ2) is 7.80. The smallest absolute Gasteiger partial charge is 0.0607 e. The minimum absolute atomic E-state index is 0.585. The van der Waals surface area contributed by atoms with E-state index in [1.54, 1.807) is 0 Å². The lowest BCUT2D eigenvalue weighted by molar-refractivity contribution is 0.418. The van der Waals surface area contributed by atoms with Crippen molar-refractivity contribution in [2.75, 3.05) is 5.01 Å². The van der Waals surface area contributed by atoms with Crippen LogP contribution in [-0.4, -0.2) is 11.8 Å². The molecule has 0 spiro atoms. The molecular weight excluding hydrogens is 268 g/mol. The van der Waals surface area contributed by atoms with Gasteiger partial charge in [0.05, 0.1) is 11.7 Å². The van der Waals surface area contributed by atoms with Crippen LogP contribution in [0.4, 0.5) is 5.69 Å². The average molecular weight is 298 g/mol. The Balaban J connectivity index is 1.75. The SMILES string of the molecule is CC1=NN(c2ccccc2)[C@@H]2CCCCCCCCCC[C@H]12. The van der Waals surface area contributed by atoms with Crippen molar-refractivity contribution in [2.45, 2.75) is 77.2 Å². The third kappa shape index (κ3) is 3.71. The van der Waals surface area contributed by atoms with Gasteiger partial charge in [0.15, 0.2) is 0 Å². The van der Waals surface area contributed by atoms with Crippen molar-refractivity contribution in [3.63, 3.8) is 0 Å². The Morgan fingerprint density at radius 1 is 0.818 bits per heavy atom. The van der Waals surface area contributed by atoms with E-state index in [4.69, 9.17) is 5.10 Å². The van der Waals surface area contributed by atoms with Gasteiger partial charge in [0.2, 0.25) is 0 Å². The number of hydrazone groups is 1. The lowest BCUT2D eigenvalue weighted by Crippen LogP contribution is -2.33. The van der Waals surface area contributed by atoms with Crippen molar-refractivity contribution in [1.29, 1.82) is 0 Å². The Bertz CT molecular complexity index is 480. The van der Waals surface area contributed by atoms with Gasteiger partial charge in [-0.05, 0) is 31.9 Å². The molecule has 1 aliphatic heterocycles. The molecule has 1 fully saturated rings. The third-order valence-corrected chi connectivity index (χ3v) is 5.37. The molecule has 22 heavy (non-hydrogen) atoms. The summed E-state index contributed by atoms with van der Waals surface area (Å²) in [6.07, 6.45) is 13.9. The van der Waals surface area contributed by atoms with Gasteiger partial charge in [-0.15, -0.1) is 0 Å². The van der Waals surface area contributed by atoms with E-state index in [1.165, 1.54) is 75.6 Å². The molecule has 1 saturated carbocycles. The number of hydrogen-bond acceptors (Lipinski definition) is 2. The number of anilines is 1. The summed E-state index contributed by atoms with van der Waals surface area (Å²) in [7, 11) is 0. The van der Waals surface area contributed by atoms with E-state index < -0.39 is 0 Å². The molecule has 0 aromatic heterocycles. The van der Waals surface area contributed by atoms with E-state index in [2.05, 4.69) is 42.3 Å². The Kier molecular flexibility index (Phi) is 5.53. The van der Waals surface area contributed by atoms with Gasteiger partial charge in [-0.25, -0.2) is 0 Å². The maximum absolute atomic E-state index is 4.94. The maximum Gasteiger partial charge on any atom is 0.0607 e. The fourth-order valence-electron chi connectivity index (χ4n) is 4.10. The molecular formula is C20H30N2. The van der Waals surface area contributed by atoms with Crippen LogP contribution < -0.4 is 5.01 Å². The van der Waals surface area contributed by atoms with Crippen LogP contribution in [-0.2, 0) is 0 Å². The van der Waals surface area contributed by atoms with Crippen LogP contribution in [0.25, 0.3) is 0 Å². The van der Waals surface area contributed by atoms with Crippen LogP contribution in [0, 0.1) is 5.92 Å². The Morgan fingerprint density at radius 3 is 2.09 bits per heavy atom. The van der Waals surface area contributed by atoms with Gasteiger partial charge >= 0.3 is 0 Å². The van der Waals surface area contributed by atoms with E-state index in [0.717, 1.165) is 0 Å². The largest absolute Gasteiger partial charge is 0.262 e. The molecule has 1 aromatic carbocycles. The standard InChI is InChI=1S/C20H30N2/c1-17-19-15-11-6-4-2-3-5-7-12-16-20(19)22(21-17)18-13-9-8-10-14-18/h8-10,13-14,19-20H,2-7,11-12,15-16H2,1H3/t19-,20-/m1/s1. The number of benzene rings is 1. The van der Waals surface area contributed by atoms with Gasteiger partial charge in [-0.1, -0.05) is 69.6 Å². The molecule has 0 radical (unpaired) electrons. The molecule has 0 saturated heterocycles. The van der Waals surface area contributed by atoms with Gasteiger partial charge in [0, 0.05) is 11.6 Å². The minimum Gasteiger partial charge on any atom is -0.262 e. The number of para-hydroxylation sites is 1. The van der Waals surface area contributed by atoms with Gasteiger partial charge in [-0.3, -0.25) is 5.01 Å². The molecule has 2 atom stereocenters. The summed E-state index contributed by atoms with van der Waals surface area (Å²) in [5, 5.41) is 7.27. The maximum atomic E-state index is 4.94. The number of rotatable bonds is 1. The molecule has 3 rings (SSSR count). The van der Waals surface area contributed by atoms with Crippen LogP contribution >= 0.6 is 0 Å². The first-order valence-electron chi connectivity index (χ1n) is 9.25. The first kappa shape index (κ1) is 15.6. The van der Waals surface area contributed by atoms with E-state index >= 15 is 0 Å². The Morgan fingerprint density at radius 2 is 1.41 bits per heavy atom. The molecule has 120 valence electrons. The summed E-state index contributed by atoms with van der Waals surface area (Å²) >= 11 is 0. The van der Waals surface area contributed by atoms with Crippen LogP contribution in [0.3, 0.4) is 0 Å². The fraction of sp³-hybridized carbons (Fsp3) is 0.650. The van der Waals surface area contributed by atoms with Gasteiger partial charge in [-0.2, -0.15) is 5.10 Å². The van der Waals surface area contributed by atoms with E-state index in [-0.39, 0.29) is 0 Å². The molecule has 1 aromatic rings. The molecule has 0 bridgehead atoms. The molecule has 2 nitrogen and oxygen atoms in total. The lowest BCUT2D eigenvalue weighted by Gasteiger charge is -2.28. The second-order valence-electron chi connectivity index (χ2n) is 7.00. The number of hydrogen-bond donors (Lipinski definition) is 0. The topological polar surface area (TPSA) is 15.6 Å². The van der Waals surface area contributed by atoms with Crippen molar-refractivity contribution < 1.29 is 0 Å². The number of nitrogens with zero attached hydrogens (tertiary/aromatic N) is 2. The summed E-state index contributed by atoms with van der Waals surface area (Å²) in [4.78, 5) is 0. The van der Waals surface area contributed by atoms with Crippen molar-refractivity contribution in [2.24, 2.45) is 11.0 Å². The summed E-state index contributed by atoms with van der Waals surface area (Å²) in [6, 6.07) is 11.3.